The Balaban J connectivity index is 1.87. The maximum absolute atomic E-state index is 11.9. The number of carbonyl (C=O) groups excluding carboxylic acids is 1. The summed E-state index contributed by atoms with van der Waals surface area (Å²) in [5, 5.41) is 12.9. The van der Waals surface area contributed by atoms with Crippen molar-refractivity contribution >= 4 is 17.2 Å². The third-order valence-electron chi connectivity index (χ3n) is 3.34. The second kappa shape index (κ2) is 5.19. The highest BCUT2D eigenvalue weighted by atomic mass is 32.1. The van der Waals surface area contributed by atoms with Crippen molar-refractivity contribution in [3.8, 4) is 0 Å². The zero-order valence-electron chi connectivity index (χ0n) is 10.2. The van der Waals surface area contributed by atoms with E-state index in [1.807, 2.05) is 6.07 Å². The van der Waals surface area contributed by atoms with Crippen LogP contribution in [0, 0.1) is 0 Å². The van der Waals surface area contributed by atoms with E-state index in [9.17, 15) is 9.90 Å². The quantitative estimate of drug-likeness (QED) is 0.864. The molecule has 0 spiro atoms. The molecule has 0 saturated heterocycles. The standard InChI is InChI=1S/C13H19NO2S/c1-2-10-5-6-11(17-10)9-14-12(15)13(16)7-3-4-8-13/h5-6,16H,2-4,7-9H2,1H3,(H,14,15). The molecule has 1 aromatic heterocycles. The van der Waals surface area contributed by atoms with E-state index in [1.165, 1.54) is 4.88 Å². The van der Waals surface area contributed by atoms with Gasteiger partial charge in [-0.1, -0.05) is 6.92 Å². The van der Waals surface area contributed by atoms with E-state index in [0.29, 0.717) is 19.4 Å². The molecule has 2 N–H and O–H groups in total. The molecular weight excluding hydrogens is 234 g/mol. The molecule has 1 fully saturated rings. The molecule has 0 aliphatic heterocycles. The molecule has 1 aliphatic rings. The Morgan fingerprint density at radius 3 is 2.65 bits per heavy atom. The monoisotopic (exact) mass is 253 g/mol. The summed E-state index contributed by atoms with van der Waals surface area (Å²) in [6, 6.07) is 4.14. The Morgan fingerprint density at radius 1 is 1.41 bits per heavy atom. The lowest BCUT2D eigenvalue weighted by atomic mass is 10.0. The van der Waals surface area contributed by atoms with Crippen molar-refractivity contribution in [1.29, 1.82) is 0 Å². The van der Waals surface area contributed by atoms with Crippen LogP contribution in [0.2, 0.25) is 0 Å². The number of hydrogen-bond acceptors (Lipinski definition) is 3. The van der Waals surface area contributed by atoms with Crippen LogP contribution in [-0.2, 0) is 17.8 Å². The van der Waals surface area contributed by atoms with E-state index in [0.717, 1.165) is 24.1 Å². The van der Waals surface area contributed by atoms with E-state index in [2.05, 4.69) is 18.3 Å². The Labute approximate surface area is 106 Å². The Hall–Kier alpha value is -0.870. The number of hydrogen-bond donors (Lipinski definition) is 2. The van der Waals surface area contributed by atoms with E-state index >= 15 is 0 Å². The summed E-state index contributed by atoms with van der Waals surface area (Å²) in [5.74, 6) is -0.207. The molecule has 1 heterocycles. The molecule has 3 nitrogen and oxygen atoms in total. The van der Waals surface area contributed by atoms with Gasteiger partial charge in [0.25, 0.3) is 5.91 Å². The van der Waals surface area contributed by atoms with Crippen molar-refractivity contribution in [2.24, 2.45) is 0 Å². The molecule has 0 radical (unpaired) electrons. The van der Waals surface area contributed by atoms with Gasteiger partial charge in [-0.25, -0.2) is 0 Å². The second-order valence-electron chi connectivity index (χ2n) is 4.64. The third kappa shape index (κ3) is 2.87. The molecule has 94 valence electrons. The number of nitrogens with one attached hydrogen (secondary N) is 1. The van der Waals surface area contributed by atoms with E-state index in [4.69, 9.17) is 0 Å². The van der Waals surface area contributed by atoms with Gasteiger partial charge in [0.2, 0.25) is 0 Å². The lowest BCUT2D eigenvalue weighted by Crippen LogP contribution is -2.44. The van der Waals surface area contributed by atoms with Crippen LogP contribution >= 0.6 is 11.3 Å². The fraction of sp³-hybridized carbons (Fsp3) is 0.615. The van der Waals surface area contributed by atoms with Crippen LogP contribution in [0.4, 0.5) is 0 Å². The highest BCUT2D eigenvalue weighted by molar-refractivity contribution is 7.11. The van der Waals surface area contributed by atoms with Gasteiger partial charge in [-0.2, -0.15) is 0 Å². The van der Waals surface area contributed by atoms with Crippen LogP contribution in [0.5, 0.6) is 0 Å². The topological polar surface area (TPSA) is 49.3 Å². The molecule has 4 heteroatoms. The number of aliphatic hydroxyl groups is 1. The van der Waals surface area contributed by atoms with Gasteiger partial charge < -0.3 is 10.4 Å². The molecule has 1 aromatic rings. The number of carbonyl (C=O) groups is 1. The van der Waals surface area contributed by atoms with Crippen molar-refractivity contribution in [2.45, 2.75) is 51.2 Å². The van der Waals surface area contributed by atoms with Crippen LogP contribution in [-0.4, -0.2) is 16.6 Å². The predicted octanol–water partition coefficient (Wildman–Crippen LogP) is 2.23. The summed E-state index contributed by atoms with van der Waals surface area (Å²) >= 11 is 1.72. The van der Waals surface area contributed by atoms with Crippen LogP contribution in [0.1, 0.15) is 42.4 Å². The van der Waals surface area contributed by atoms with Crippen LogP contribution < -0.4 is 5.32 Å². The summed E-state index contributed by atoms with van der Waals surface area (Å²) in [6.45, 7) is 2.65. The maximum Gasteiger partial charge on any atom is 0.252 e. The largest absolute Gasteiger partial charge is 0.380 e. The molecule has 2 rings (SSSR count). The minimum Gasteiger partial charge on any atom is -0.380 e. The molecule has 1 saturated carbocycles. The normalized spacial score (nSPS) is 18.2. The summed E-state index contributed by atoms with van der Waals surface area (Å²) < 4.78 is 0. The van der Waals surface area contributed by atoms with Crippen molar-refractivity contribution < 1.29 is 9.90 Å². The molecule has 0 bridgehead atoms. The fourth-order valence-corrected chi connectivity index (χ4v) is 3.12. The van der Waals surface area contributed by atoms with Crippen molar-refractivity contribution in [3.05, 3.63) is 21.9 Å². The molecule has 0 unspecified atom stereocenters. The first-order valence-corrected chi connectivity index (χ1v) is 7.04. The summed E-state index contributed by atoms with van der Waals surface area (Å²) in [4.78, 5) is 14.3. The number of thiophene rings is 1. The van der Waals surface area contributed by atoms with Gasteiger partial charge in [0.05, 0.1) is 6.54 Å². The molecular formula is C13H19NO2S. The van der Waals surface area contributed by atoms with Crippen LogP contribution in [0.3, 0.4) is 0 Å². The minimum absolute atomic E-state index is 0.207. The second-order valence-corrected chi connectivity index (χ2v) is 5.90. The Kier molecular flexibility index (Phi) is 3.84. The zero-order valence-corrected chi connectivity index (χ0v) is 11.0. The first-order chi connectivity index (χ1) is 8.14. The lowest BCUT2D eigenvalue weighted by Gasteiger charge is -2.20. The Bertz CT molecular complexity index is 394. The molecule has 0 atom stereocenters. The van der Waals surface area contributed by atoms with Gasteiger partial charge in [0.1, 0.15) is 5.60 Å². The van der Waals surface area contributed by atoms with Crippen molar-refractivity contribution in [3.63, 3.8) is 0 Å². The predicted molar refractivity (Wildman–Crippen MR) is 69.0 cm³/mol. The van der Waals surface area contributed by atoms with Gasteiger partial charge in [-0.3, -0.25) is 4.79 Å². The van der Waals surface area contributed by atoms with Crippen LogP contribution in [0.25, 0.3) is 0 Å². The maximum atomic E-state index is 11.9. The molecule has 1 amide bonds. The number of aryl methyl sites for hydroxylation is 1. The fourth-order valence-electron chi connectivity index (χ4n) is 2.23. The van der Waals surface area contributed by atoms with Gasteiger partial charge in [-0.15, -0.1) is 11.3 Å². The number of amides is 1. The third-order valence-corrected chi connectivity index (χ3v) is 4.57. The van der Waals surface area contributed by atoms with Crippen molar-refractivity contribution in [2.75, 3.05) is 0 Å². The van der Waals surface area contributed by atoms with Gasteiger partial charge in [-0.05, 0) is 44.2 Å². The highest BCUT2D eigenvalue weighted by Gasteiger charge is 2.38. The van der Waals surface area contributed by atoms with E-state index in [-0.39, 0.29) is 5.91 Å². The van der Waals surface area contributed by atoms with Crippen molar-refractivity contribution in [1.82, 2.24) is 5.32 Å². The SMILES string of the molecule is CCc1ccc(CNC(=O)C2(O)CCCC2)s1. The van der Waals surface area contributed by atoms with E-state index < -0.39 is 5.60 Å². The zero-order chi connectivity index (χ0) is 12.3. The number of rotatable bonds is 4. The molecule has 1 aliphatic carbocycles. The lowest BCUT2D eigenvalue weighted by molar-refractivity contribution is -0.139. The first-order valence-electron chi connectivity index (χ1n) is 6.22. The highest BCUT2D eigenvalue weighted by Crippen LogP contribution is 2.29. The smallest absolute Gasteiger partial charge is 0.252 e. The molecule has 0 aromatic carbocycles. The molecule has 17 heavy (non-hydrogen) atoms. The van der Waals surface area contributed by atoms with Crippen LogP contribution in [0.15, 0.2) is 12.1 Å². The minimum atomic E-state index is -1.11. The van der Waals surface area contributed by atoms with Gasteiger partial charge >= 0.3 is 0 Å². The average molecular weight is 253 g/mol. The summed E-state index contributed by atoms with van der Waals surface area (Å²) in [6.07, 6.45) is 4.13. The first kappa shape index (κ1) is 12.6. The summed E-state index contributed by atoms with van der Waals surface area (Å²) in [5.41, 5.74) is -1.11. The average Bonchev–Trinajstić information content (AvgIpc) is 2.95. The van der Waals surface area contributed by atoms with E-state index in [1.54, 1.807) is 11.3 Å². The summed E-state index contributed by atoms with van der Waals surface area (Å²) in [7, 11) is 0. The Morgan fingerprint density at radius 2 is 2.06 bits per heavy atom. The van der Waals surface area contributed by atoms with Gasteiger partial charge in [0, 0.05) is 9.75 Å². The van der Waals surface area contributed by atoms with Gasteiger partial charge in [0.15, 0.2) is 0 Å².